The molecule has 0 aliphatic carbocycles. The lowest BCUT2D eigenvalue weighted by Gasteiger charge is -2.24. The van der Waals surface area contributed by atoms with Crippen molar-refractivity contribution in [3.63, 3.8) is 0 Å². The van der Waals surface area contributed by atoms with Crippen molar-refractivity contribution < 1.29 is 0 Å². The third kappa shape index (κ3) is 5.28. The largest absolute Gasteiger partial charge is 0.342 e. The normalized spacial score (nSPS) is 17.0. The summed E-state index contributed by atoms with van der Waals surface area (Å²) in [7, 11) is 0. The molecule has 0 saturated heterocycles. The van der Waals surface area contributed by atoms with E-state index in [1.54, 1.807) is 0 Å². The summed E-state index contributed by atoms with van der Waals surface area (Å²) in [6.45, 7) is 14.4. The van der Waals surface area contributed by atoms with Crippen LogP contribution in [0, 0.1) is 6.92 Å². The van der Waals surface area contributed by atoms with Crippen molar-refractivity contribution in [2.45, 2.75) is 71.5 Å². The van der Waals surface area contributed by atoms with Crippen molar-refractivity contribution in [2.24, 2.45) is 4.99 Å². The second-order valence-corrected chi connectivity index (χ2v) is 15.8. The van der Waals surface area contributed by atoms with E-state index < -0.39 is 0 Å². The van der Waals surface area contributed by atoms with Crippen molar-refractivity contribution >= 4 is 27.6 Å². The maximum Gasteiger partial charge on any atom is 0.132 e. The van der Waals surface area contributed by atoms with Gasteiger partial charge >= 0.3 is 0 Å². The van der Waals surface area contributed by atoms with Crippen molar-refractivity contribution in [3.05, 3.63) is 166 Å². The summed E-state index contributed by atoms with van der Waals surface area (Å²) in [4.78, 5) is 13.0. The average Bonchev–Trinajstić information content (AvgIpc) is 3.80. The van der Waals surface area contributed by atoms with Gasteiger partial charge in [0.1, 0.15) is 11.9 Å². The summed E-state index contributed by atoms with van der Waals surface area (Å²) in [6.07, 6.45) is 1.95. The lowest BCUT2D eigenvalue weighted by atomic mass is 9.87. The Hall–Kier alpha value is -5.48. The molecule has 51 heavy (non-hydrogen) atoms. The van der Waals surface area contributed by atoms with Crippen LogP contribution in [0.25, 0.3) is 38.8 Å². The number of amidine groups is 1. The van der Waals surface area contributed by atoms with Gasteiger partial charge in [-0.05, 0) is 94.6 Å². The molecule has 7 aromatic rings. The van der Waals surface area contributed by atoms with Crippen LogP contribution in [-0.4, -0.2) is 20.3 Å². The van der Waals surface area contributed by atoms with Gasteiger partial charge in [0.05, 0.1) is 22.8 Å². The summed E-state index contributed by atoms with van der Waals surface area (Å²) in [5, 5.41) is 2.51. The van der Waals surface area contributed by atoms with E-state index in [0.717, 1.165) is 29.3 Å². The second-order valence-electron chi connectivity index (χ2n) is 15.8. The van der Waals surface area contributed by atoms with Gasteiger partial charge in [0.2, 0.25) is 0 Å². The Bertz CT molecular complexity index is 2490. The summed E-state index contributed by atoms with van der Waals surface area (Å²) in [5.41, 5.74) is 14.8. The number of benzene rings is 5. The van der Waals surface area contributed by atoms with Crippen LogP contribution in [0.15, 0.2) is 133 Å². The van der Waals surface area contributed by atoms with Gasteiger partial charge in [0.15, 0.2) is 0 Å². The van der Waals surface area contributed by atoms with E-state index in [1.807, 2.05) is 6.20 Å². The minimum absolute atomic E-state index is 0.0335. The number of rotatable bonds is 5. The summed E-state index contributed by atoms with van der Waals surface area (Å²) >= 11 is 0. The Morgan fingerprint density at radius 2 is 1.53 bits per heavy atom. The Morgan fingerprint density at radius 1 is 0.725 bits per heavy atom. The van der Waals surface area contributed by atoms with E-state index >= 15 is 0 Å². The van der Waals surface area contributed by atoms with Crippen molar-refractivity contribution in [2.75, 3.05) is 0 Å². The topological polar surface area (TPSA) is 33.4 Å². The second kappa shape index (κ2) is 11.8. The summed E-state index contributed by atoms with van der Waals surface area (Å²) < 4.78 is 2.47. The summed E-state index contributed by atoms with van der Waals surface area (Å²) in [5.74, 6) is 1.42. The fourth-order valence-electron chi connectivity index (χ4n) is 8.24. The van der Waals surface area contributed by atoms with Crippen LogP contribution in [0.2, 0.25) is 0 Å². The van der Waals surface area contributed by atoms with Gasteiger partial charge in [-0.15, -0.1) is 0 Å². The number of nitrogens with zero attached hydrogens (tertiary/aromatic N) is 4. The van der Waals surface area contributed by atoms with Gasteiger partial charge in [0.25, 0.3) is 0 Å². The summed E-state index contributed by atoms with van der Waals surface area (Å²) in [6, 6.07) is 45.2. The highest BCUT2D eigenvalue weighted by Crippen LogP contribution is 2.49. The van der Waals surface area contributed by atoms with Crippen LogP contribution in [-0.2, 0) is 12.0 Å². The van der Waals surface area contributed by atoms with E-state index in [0.29, 0.717) is 5.92 Å². The van der Waals surface area contributed by atoms with Gasteiger partial charge in [-0.2, -0.15) is 0 Å². The van der Waals surface area contributed by atoms with Crippen molar-refractivity contribution in [3.8, 4) is 16.9 Å². The monoisotopic (exact) mass is 664 g/mol. The highest BCUT2D eigenvalue weighted by Gasteiger charge is 2.43. The van der Waals surface area contributed by atoms with Gasteiger partial charge in [-0.1, -0.05) is 113 Å². The van der Waals surface area contributed by atoms with Gasteiger partial charge in [-0.25, -0.2) is 0 Å². The molecule has 252 valence electrons. The predicted molar refractivity (Wildman–Crippen MR) is 212 cm³/mol. The molecular formula is C47H44N4. The lowest BCUT2D eigenvalue weighted by molar-refractivity contribution is 0.341. The molecular weight excluding hydrogens is 621 g/mol. The minimum atomic E-state index is 0.0335. The third-order valence-electron chi connectivity index (χ3n) is 11.0. The molecule has 2 aliphatic rings. The van der Waals surface area contributed by atoms with Crippen LogP contribution >= 0.6 is 0 Å². The van der Waals surface area contributed by atoms with Crippen LogP contribution in [0.1, 0.15) is 91.6 Å². The molecule has 0 amide bonds. The van der Waals surface area contributed by atoms with Gasteiger partial charge < -0.3 is 9.47 Å². The molecule has 0 radical (unpaired) electrons. The van der Waals surface area contributed by atoms with E-state index in [9.17, 15) is 0 Å². The molecule has 2 atom stereocenters. The first kappa shape index (κ1) is 31.5. The zero-order valence-electron chi connectivity index (χ0n) is 30.4. The molecule has 5 aromatic carbocycles. The van der Waals surface area contributed by atoms with E-state index in [-0.39, 0.29) is 17.5 Å². The third-order valence-corrected chi connectivity index (χ3v) is 11.0. The molecule has 9 rings (SSSR count). The molecule has 2 aromatic heterocycles. The van der Waals surface area contributed by atoms with Crippen molar-refractivity contribution in [1.82, 2.24) is 14.5 Å². The van der Waals surface area contributed by atoms with Gasteiger partial charge in [0, 0.05) is 40.3 Å². The van der Waals surface area contributed by atoms with Crippen molar-refractivity contribution in [1.29, 1.82) is 0 Å². The Kier molecular flexibility index (Phi) is 7.29. The Balaban J connectivity index is 1.25. The highest BCUT2D eigenvalue weighted by molar-refractivity contribution is 6.11. The molecule has 0 fully saturated rings. The maximum atomic E-state index is 5.58. The molecule has 0 unspecified atom stereocenters. The lowest BCUT2D eigenvalue weighted by Crippen LogP contribution is -2.26. The molecule has 0 bridgehead atoms. The predicted octanol–water partition coefficient (Wildman–Crippen LogP) is 11.6. The number of aromatic nitrogens is 2. The number of aryl methyl sites for hydroxylation is 1. The van der Waals surface area contributed by atoms with Crippen LogP contribution in [0.5, 0.6) is 0 Å². The van der Waals surface area contributed by atoms with E-state index in [1.165, 1.54) is 60.8 Å². The molecule has 0 saturated carbocycles. The number of fused-ring (bicyclic) bond motifs is 6. The molecule has 4 heterocycles. The quantitative estimate of drug-likeness (QED) is 0.183. The molecule has 0 spiro atoms. The first-order valence-electron chi connectivity index (χ1n) is 18.3. The highest BCUT2D eigenvalue weighted by atomic mass is 15.3. The molecule has 4 heteroatoms. The fourth-order valence-corrected chi connectivity index (χ4v) is 8.24. The molecule has 4 nitrogen and oxygen atoms in total. The number of hydrogen-bond donors (Lipinski definition) is 0. The van der Waals surface area contributed by atoms with E-state index in [2.05, 4.69) is 172 Å². The average molecular weight is 665 g/mol. The van der Waals surface area contributed by atoms with Crippen LogP contribution < -0.4 is 0 Å². The number of pyridine rings is 1. The molecule has 2 aliphatic heterocycles. The number of aliphatic imine (C=N–C) groups is 1. The first-order chi connectivity index (χ1) is 24.6. The van der Waals surface area contributed by atoms with Crippen LogP contribution in [0.3, 0.4) is 0 Å². The maximum absolute atomic E-state index is 5.58. The Labute approximate surface area is 301 Å². The SMILES string of the molecule is Cc1ccc2c(c1)c1ccc(-c3cc(C(C)(C)C)ccn3)cc1n2-c1cc(C2=N[C@H](c3ccccc3)[C@@H]3c4ccccc4CN23)cc(C(C)C)c1. The minimum Gasteiger partial charge on any atom is -0.342 e. The smallest absolute Gasteiger partial charge is 0.132 e. The first-order valence-corrected chi connectivity index (χ1v) is 18.3. The Morgan fingerprint density at radius 3 is 2.33 bits per heavy atom. The van der Waals surface area contributed by atoms with Crippen LogP contribution in [0.4, 0.5) is 0 Å². The zero-order chi connectivity index (χ0) is 35.0. The molecule has 0 N–H and O–H groups in total. The zero-order valence-corrected chi connectivity index (χ0v) is 30.4. The van der Waals surface area contributed by atoms with Gasteiger partial charge in [-0.3, -0.25) is 9.98 Å². The fraction of sp³-hybridized carbons (Fsp3) is 0.234. The standard InChI is InChI=1S/C47H44N4/c1-29(2)34-23-35(46-49-44(31-12-8-7-9-13-31)45-38-15-11-10-14-33(38)28-50(45)46)25-37(24-34)51-42-19-16-30(3)22-40(42)39-18-17-32(26-43(39)51)41-27-36(20-21-48-41)47(4,5)6/h7-27,29,44-45H,28H2,1-6H3/t44-,45+/m1/s1. The number of hydrogen-bond acceptors (Lipinski definition) is 3. The van der Waals surface area contributed by atoms with E-state index in [4.69, 9.17) is 9.98 Å².